The Balaban J connectivity index is 2.12. The number of ether oxygens (including phenoxy) is 2. The average Bonchev–Trinajstić information content (AvgIpc) is 2.49. The van der Waals surface area contributed by atoms with Gasteiger partial charge in [-0.2, -0.15) is 0 Å². The lowest BCUT2D eigenvalue weighted by atomic mass is 10.2. The van der Waals surface area contributed by atoms with Crippen LogP contribution in [0.1, 0.15) is 11.1 Å². The minimum Gasteiger partial charge on any atom is -0.497 e. The Morgan fingerprint density at radius 2 is 1.90 bits per heavy atom. The van der Waals surface area contributed by atoms with Crippen molar-refractivity contribution in [2.45, 2.75) is 6.61 Å². The van der Waals surface area contributed by atoms with Gasteiger partial charge >= 0.3 is 0 Å². The van der Waals surface area contributed by atoms with Gasteiger partial charge in [0.15, 0.2) is 11.6 Å². The molecule has 0 aromatic heterocycles. The summed E-state index contributed by atoms with van der Waals surface area (Å²) >= 11 is 7.98. The van der Waals surface area contributed by atoms with Crippen molar-refractivity contribution in [3.63, 3.8) is 0 Å². The van der Waals surface area contributed by atoms with Gasteiger partial charge < -0.3 is 15.2 Å². The number of hydrogen-bond donors (Lipinski definition) is 1. The van der Waals surface area contributed by atoms with Crippen molar-refractivity contribution in [1.82, 2.24) is 0 Å². The predicted octanol–water partition coefficient (Wildman–Crippen LogP) is 3.81. The normalized spacial score (nSPS) is 10.2. The maximum absolute atomic E-state index is 14.1. The number of nitrogens with two attached hydrogens (primary N) is 1. The molecule has 0 aliphatic carbocycles. The standard InChI is InChI=1S/C15H13BrFNO2S/c1-19-10-4-2-9(3-5-10)8-20-12-7-6-11(15(18)21)13(16)14(12)17/h2-7H,8H2,1H3,(H2,18,21). The first kappa shape index (κ1) is 15.7. The second kappa shape index (κ2) is 6.87. The van der Waals surface area contributed by atoms with Gasteiger partial charge in [0.1, 0.15) is 17.3 Å². The second-order valence-electron chi connectivity index (χ2n) is 4.24. The molecule has 2 rings (SSSR count). The van der Waals surface area contributed by atoms with E-state index in [2.05, 4.69) is 15.9 Å². The third-order valence-corrected chi connectivity index (χ3v) is 3.86. The molecule has 0 fully saturated rings. The summed E-state index contributed by atoms with van der Waals surface area (Å²) in [5.41, 5.74) is 6.86. The summed E-state index contributed by atoms with van der Waals surface area (Å²) in [5.74, 6) is 0.375. The lowest BCUT2D eigenvalue weighted by Gasteiger charge is -2.11. The van der Waals surface area contributed by atoms with E-state index in [1.807, 2.05) is 24.3 Å². The Hall–Kier alpha value is -1.66. The highest BCUT2D eigenvalue weighted by molar-refractivity contribution is 9.10. The molecular weight excluding hydrogens is 357 g/mol. The molecule has 21 heavy (non-hydrogen) atoms. The van der Waals surface area contributed by atoms with Crippen LogP contribution in [0.5, 0.6) is 11.5 Å². The molecule has 0 heterocycles. The van der Waals surface area contributed by atoms with Crippen LogP contribution in [0.3, 0.4) is 0 Å². The van der Waals surface area contributed by atoms with Crippen molar-refractivity contribution in [2.75, 3.05) is 7.11 Å². The topological polar surface area (TPSA) is 44.5 Å². The largest absolute Gasteiger partial charge is 0.497 e. The maximum Gasteiger partial charge on any atom is 0.179 e. The van der Waals surface area contributed by atoms with Crippen LogP contribution in [0, 0.1) is 5.82 Å². The number of methoxy groups -OCH3 is 1. The number of hydrogen-bond acceptors (Lipinski definition) is 3. The van der Waals surface area contributed by atoms with E-state index in [1.54, 1.807) is 13.2 Å². The number of halogens is 2. The van der Waals surface area contributed by atoms with E-state index in [1.165, 1.54) is 6.07 Å². The first-order chi connectivity index (χ1) is 10.0. The number of benzene rings is 2. The van der Waals surface area contributed by atoms with Crippen molar-refractivity contribution in [2.24, 2.45) is 5.73 Å². The van der Waals surface area contributed by atoms with Gasteiger partial charge in [0.2, 0.25) is 0 Å². The fraction of sp³-hybridized carbons (Fsp3) is 0.133. The SMILES string of the molecule is COc1ccc(COc2ccc(C(N)=S)c(Br)c2F)cc1. The van der Waals surface area contributed by atoms with Crippen molar-refractivity contribution in [3.05, 3.63) is 57.8 Å². The fourth-order valence-electron chi connectivity index (χ4n) is 1.72. The van der Waals surface area contributed by atoms with E-state index in [4.69, 9.17) is 27.4 Å². The monoisotopic (exact) mass is 369 g/mol. The molecule has 0 spiro atoms. The molecule has 0 bridgehead atoms. The van der Waals surface area contributed by atoms with Crippen molar-refractivity contribution >= 4 is 33.1 Å². The highest BCUT2D eigenvalue weighted by atomic mass is 79.9. The molecule has 0 saturated carbocycles. The van der Waals surface area contributed by atoms with Gasteiger partial charge in [0, 0.05) is 5.56 Å². The van der Waals surface area contributed by atoms with E-state index >= 15 is 0 Å². The molecule has 0 aliphatic heterocycles. The molecule has 6 heteroatoms. The predicted molar refractivity (Wildman–Crippen MR) is 87.3 cm³/mol. The molecule has 0 amide bonds. The van der Waals surface area contributed by atoms with E-state index in [9.17, 15) is 4.39 Å². The minimum atomic E-state index is -0.520. The van der Waals surface area contributed by atoms with E-state index in [-0.39, 0.29) is 21.8 Å². The Labute approximate surface area is 136 Å². The van der Waals surface area contributed by atoms with Gasteiger partial charge in [-0.25, -0.2) is 4.39 Å². The molecular formula is C15H13BrFNO2S. The van der Waals surface area contributed by atoms with E-state index < -0.39 is 5.82 Å². The Kier molecular flexibility index (Phi) is 5.14. The zero-order valence-electron chi connectivity index (χ0n) is 11.2. The van der Waals surface area contributed by atoms with Gasteiger partial charge in [-0.1, -0.05) is 24.4 Å². The molecule has 0 unspecified atom stereocenters. The van der Waals surface area contributed by atoms with Gasteiger partial charge in [0.05, 0.1) is 11.6 Å². The van der Waals surface area contributed by atoms with Crippen LogP contribution in [0.2, 0.25) is 0 Å². The molecule has 0 atom stereocenters. The molecule has 3 nitrogen and oxygen atoms in total. The van der Waals surface area contributed by atoms with Crippen LogP contribution in [0.4, 0.5) is 4.39 Å². The fourth-order valence-corrected chi connectivity index (χ4v) is 2.56. The smallest absolute Gasteiger partial charge is 0.179 e. The lowest BCUT2D eigenvalue weighted by Crippen LogP contribution is -2.11. The summed E-state index contributed by atoms with van der Waals surface area (Å²) in [6.07, 6.45) is 0. The molecule has 0 radical (unpaired) electrons. The molecule has 2 N–H and O–H groups in total. The third kappa shape index (κ3) is 3.71. The summed E-state index contributed by atoms with van der Waals surface area (Å²) in [7, 11) is 1.60. The highest BCUT2D eigenvalue weighted by Gasteiger charge is 2.14. The second-order valence-corrected chi connectivity index (χ2v) is 5.47. The van der Waals surface area contributed by atoms with Crippen molar-refractivity contribution < 1.29 is 13.9 Å². The quantitative estimate of drug-likeness (QED) is 0.813. The molecule has 0 aliphatic rings. The van der Waals surface area contributed by atoms with Crippen LogP contribution in [-0.4, -0.2) is 12.1 Å². The maximum atomic E-state index is 14.1. The first-order valence-electron chi connectivity index (χ1n) is 6.06. The van der Waals surface area contributed by atoms with Crippen molar-refractivity contribution in [1.29, 1.82) is 0 Å². The van der Waals surface area contributed by atoms with E-state index in [0.29, 0.717) is 5.56 Å². The van der Waals surface area contributed by atoms with Crippen LogP contribution in [0.25, 0.3) is 0 Å². The average molecular weight is 370 g/mol. The van der Waals surface area contributed by atoms with Crippen LogP contribution >= 0.6 is 28.1 Å². The van der Waals surface area contributed by atoms with Gasteiger partial charge in [-0.3, -0.25) is 0 Å². The number of thiocarbonyl (C=S) groups is 1. The summed E-state index contributed by atoms with van der Waals surface area (Å²) in [5, 5.41) is 0. The zero-order chi connectivity index (χ0) is 15.4. The Bertz CT molecular complexity index is 661. The molecule has 110 valence electrons. The van der Waals surface area contributed by atoms with Crippen LogP contribution in [0.15, 0.2) is 40.9 Å². The molecule has 0 saturated heterocycles. The summed E-state index contributed by atoms with van der Waals surface area (Å²) in [6.45, 7) is 0.250. The molecule has 2 aromatic rings. The molecule has 2 aromatic carbocycles. The summed E-state index contributed by atoms with van der Waals surface area (Å²) in [6, 6.07) is 10.5. The zero-order valence-corrected chi connectivity index (χ0v) is 13.6. The summed E-state index contributed by atoms with van der Waals surface area (Å²) in [4.78, 5) is 0.127. The van der Waals surface area contributed by atoms with E-state index in [0.717, 1.165) is 11.3 Å². The van der Waals surface area contributed by atoms with Crippen LogP contribution in [-0.2, 0) is 6.61 Å². The van der Waals surface area contributed by atoms with Gasteiger partial charge in [0.25, 0.3) is 0 Å². The minimum absolute atomic E-state index is 0.127. The number of rotatable bonds is 5. The Morgan fingerprint density at radius 3 is 2.48 bits per heavy atom. The Morgan fingerprint density at radius 1 is 1.24 bits per heavy atom. The van der Waals surface area contributed by atoms with Crippen LogP contribution < -0.4 is 15.2 Å². The lowest BCUT2D eigenvalue weighted by molar-refractivity contribution is 0.289. The van der Waals surface area contributed by atoms with Gasteiger partial charge in [-0.15, -0.1) is 0 Å². The summed E-state index contributed by atoms with van der Waals surface area (Å²) < 4.78 is 24.9. The van der Waals surface area contributed by atoms with Crippen molar-refractivity contribution in [3.8, 4) is 11.5 Å². The first-order valence-corrected chi connectivity index (χ1v) is 7.26. The van der Waals surface area contributed by atoms with Gasteiger partial charge in [-0.05, 0) is 45.8 Å². The third-order valence-electron chi connectivity index (χ3n) is 2.87. The highest BCUT2D eigenvalue weighted by Crippen LogP contribution is 2.29.